The number of halogens is 2. The van der Waals surface area contributed by atoms with Gasteiger partial charge in [0.05, 0.1) is 17.1 Å². The number of benzene rings is 2. The first kappa shape index (κ1) is 17.6. The van der Waals surface area contributed by atoms with Crippen LogP contribution >= 0.6 is 0 Å². The van der Waals surface area contributed by atoms with Crippen molar-refractivity contribution in [2.45, 2.75) is 24.7 Å². The van der Waals surface area contributed by atoms with E-state index in [0.29, 0.717) is 5.56 Å². The first-order valence-corrected chi connectivity index (χ1v) is 8.96. The van der Waals surface area contributed by atoms with E-state index in [0.717, 1.165) is 0 Å². The smallest absolute Gasteiger partial charge is 0.160 e. The monoisotopic (exact) mass is 340 g/mol. The molecular formula is C17H18F2O3S. The maximum absolute atomic E-state index is 13.7. The van der Waals surface area contributed by atoms with Crippen LogP contribution in [0.15, 0.2) is 48.5 Å². The van der Waals surface area contributed by atoms with E-state index < -0.39 is 38.6 Å². The number of hydrogen-bond acceptors (Lipinski definition) is 3. The molecule has 0 aromatic heterocycles. The van der Waals surface area contributed by atoms with E-state index in [1.54, 1.807) is 6.92 Å². The fourth-order valence-electron chi connectivity index (χ4n) is 2.55. The molecule has 2 rings (SSSR count). The minimum Gasteiger partial charge on any atom is -0.387 e. The Kier molecular flexibility index (Phi) is 5.49. The van der Waals surface area contributed by atoms with E-state index >= 15 is 0 Å². The summed E-state index contributed by atoms with van der Waals surface area (Å²) in [6, 6.07) is 10.7. The third-order valence-corrected chi connectivity index (χ3v) is 5.95. The Bertz CT molecular complexity index is 758. The van der Waals surface area contributed by atoms with Gasteiger partial charge in [-0.1, -0.05) is 37.3 Å². The van der Waals surface area contributed by atoms with E-state index in [1.807, 2.05) is 0 Å². The van der Waals surface area contributed by atoms with Crippen molar-refractivity contribution in [1.29, 1.82) is 0 Å². The van der Waals surface area contributed by atoms with Gasteiger partial charge in [0.25, 0.3) is 0 Å². The van der Waals surface area contributed by atoms with Crippen molar-refractivity contribution in [1.82, 2.24) is 0 Å². The van der Waals surface area contributed by atoms with Crippen LogP contribution in [0.25, 0.3) is 0 Å². The maximum Gasteiger partial charge on any atom is 0.160 e. The molecule has 0 fully saturated rings. The van der Waals surface area contributed by atoms with Crippen LogP contribution < -0.4 is 0 Å². The van der Waals surface area contributed by atoms with Crippen LogP contribution in [0.1, 0.15) is 35.8 Å². The molecule has 0 aliphatic heterocycles. The van der Waals surface area contributed by atoms with Crippen LogP contribution in [0, 0.1) is 11.6 Å². The predicted octanol–water partition coefficient (Wildman–Crippen LogP) is 3.56. The van der Waals surface area contributed by atoms with E-state index in [4.69, 9.17) is 0 Å². The summed E-state index contributed by atoms with van der Waals surface area (Å²) in [5.41, 5.74) is 0.402. The second kappa shape index (κ2) is 7.19. The summed E-state index contributed by atoms with van der Waals surface area (Å²) < 4.78 is 51.8. The highest BCUT2D eigenvalue weighted by atomic mass is 32.2. The van der Waals surface area contributed by atoms with Gasteiger partial charge in [0, 0.05) is 5.56 Å². The van der Waals surface area contributed by atoms with Gasteiger partial charge >= 0.3 is 0 Å². The molecule has 0 aliphatic rings. The molecule has 2 atom stereocenters. The van der Waals surface area contributed by atoms with E-state index in [-0.39, 0.29) is 12.0 Å². The van der Waals surface area contributed by atoms with Crippen molar-refractivity contribution in [2.75, 3.05) is 5.75 Å². The summed E-state index contributed by atoms with van der Waals surface area (Å²) in [4.78, 5) is 0. The van der Waals surface area contributed by atoms with Crippen molar-refractivity contribution >= 4 is 9.84 Å². The molecule has 0 bridgehead atoms. The van der Waals surface area contributed by atoms with Crippen LogP contribution in [0.3, 0.4) is 0 Å². The van der Waals surface area contributed by atoms with E-state index in [9.17, 15) is 22.3 Å². The molecule has 0 spiro atoms. The molecule has 0 saturated carbocycles. The Hall–Kier alpha value is -1.79. The van der Waals surface area contributed by atoms with Gasteiger partial charge in [-0.05, 0) is 30.2 Å². The third kappa shape index (κ3) is 4.14. The van der Waals surface area contributed by atoms with Gasteiger partial charge in [0.1, 0.15) is 11.6 Å². The SMILES string of the molecule is CCC(c1ccc(F)cc1)S(=O)(=O)CC(O)c1ccccc1F. The summed E-state index contributed by atoms with van der Waals surface area (Å²) in [5.74, 6) is -1.69. The fourth-order valence-corrected chi connectivity index (χ4v) is 4.48. The van der Waals surface area contributed by atoms with Crippen molar-refractivity contribution in [2.24, 2.45) is 0 Å². The molecule has 0 aliphatic carbocycles. The molecular weight excluding hydrogens is 322 g/mol. The Morgan fingerprint density at radius 1 is 1.04 bits per heavy atom. The Labute approximate surface area is 134 Å². The number of sulfone groups is 1. The zero-order valence-corrected chi connectivity index (χ0v) is 13.4. The average molecular weight is 340 g/mol. The molecule has 124 valence electrons. The van der Waals surface area contributed by atoms with Gasteiger partial charge in [-0.3, -0.25) is 0 Å². The summed E-state index contributed by atoms with van der Waals surface area (Å²) in [5, 5.41) is 9.22. The van der Waals surface area contributed by atoms with Gasteiger partial charge in [0.2, 0.25) is 0 Å². The topological polar surface area (TPSA) is 54.4 Å². The molecule has 0 saturated heterocycles. The molecule has 0 heterocycles. The molecule has 1 N–H and O–H groups in total. The number of hydrogen-bond donors (Lipinski definition) is 1. The summed E-state index contributed by atoms with van der Waals surface area (Å²) in [6.07, 6.45) is -1.17. The van der Waals surface area contributed by atoms with Crippen LogP contribution in [-0.2, 0) is 9.84 Å². The summed E-state index contributed by atoms with van der Waals surface area (Å²) in [7, 11) is -3.74. The van der Waals surface area contributed by atoms with Crippen molar-refractivity contribution in [3.05, 3.63) is 71.3 Å². The normalized spacial score (nSPS) is 14.4. The van der Waals surface area contributed by atoms with Gasteiger partial charge in [-0.15, -0.1) is 0 Å². The molecule has 2 unspecified atom stereocenters. The quantitative estimate of drug-likeness (QED) is 0.875. The minimum atomic E-state index is -3.74. The van der Waals surface area contributed by atoms with Crippen molar-refractivity contribution < 1.29 is 22.3 Å². The van der Waals surface area contributed by atoms with Crippen molar-refractivity contribution in [3.8, 4) is 0 Å². The highest BCUT2D eigenvalue weighted by molar-refractivity contribution is 7.91. The number of aliphatic hydroxyl groups is 1. The largest absolute Gasteiger partial charge is 0.387 e. The maximum atomic E-state index is 13.7. The highest BCUT2D eigenvalue weighted by Gasteiger charge is 2.29. The predicted molar refractivity (Wildman–Crippen MR) is 84.6 cm³/mol. The van der Waals surface area contributed by atoms with Crippen LogP contribution in [0.4, 0.5) is 8.78 Å². The highest BCUT2D eigenvalue weighted by Crippen LogP contribution is 2.30. The zero-order valence-electron chi connectivity index (χ0n) is 12.6. The molecule has 3 nitrogen and oxygen atoms in total. The van der Waals surface area contributed by atoms with Crippen molar-refractivity contribution in [3.63, 3.8) is 0 Å². The first-order valence-electron chi connectivity index (χ1n) is 7.24. The number of aliphatic hydroxyl groups excluding tert-OH is 1. The van der Waals surface area contributed by atoms with E-state index in [1.165, 1.54) is 48.5 Å². The van der Waals surface area contributed by atoms with Gasteiger partial charge in [-0.25, -0.2) is 17.2 Å². The first-order chi connectivity index (χ1) is 10.8. The lowest BCUT2D eigenvalue weighted by Crippen LogP contribution is -2.21. The molecule has 6 heteroatoms. The second-order valence-electron chi connectivity index (χ2n) is 5.32. The number of rotatable bonds is 6. The average Bonchev–Trinajstić information content (AvgIpc) is 2.49. The zero-order chi connectivity index (χ0) is 17.0. The standard InChI is InChI=1S/C17H18F2O3S/c1-2-17(12-7-9-13(18)10-8-12)23(21,22)11-16(20)14-5-3-4-6-15(14)19/h3-10,16-17,20H,2,11H2,1H3. The van der Waals surface area contributed by atoms with Crippen LogP contribution in [-0.4, -0.2) is 19.3 Å². The van der Waals surface area contributed by atoms with Crippen LogP contribution in [0.5, 0.6) is 0 Å². The molecule has 2 aromatic rings. The molecule has 2 aromatic carbocycles. The lowest BCUT2D eigenvalue weighted by atomic mass is 10.1. The van der Waals surface area contributed by atoms with Gasteiger partial charge in [0.15, 0.2) is 9.84 Å². The minimum absolute atomic E-state index is 0.0509. The Morgan fingerprint density at radius 2 is 1.65 bits per heavy atom. The lowest BCUT2D eigenvalue weighted by Gasteiger charge is -2.19. The van der Waals surface area contributed by atoms with E-state index in [2.05, 4.69) is 0 Å². The summed E-state index contributed by atoms with van der Waals surface area (Å²) in [6.45, 7) is 1.70. The van der Waals surface area contributed by atoms with Gasteiger partial charge in [-0.2, -0.15) is 0 Å². The third-order valence-electron chi connectivity index (χ3n) is 3.70. The molecule has 0 radical (unpaired) electrons. The Morgan fingerprint density at radius 3 is 2.22 bits per heavy atom. The fraction of sp³-hybridized carbons (Fsp3) is 0.294. The molecule has 23 heavy (non-hydrogen) atoms. The van der Waals surface area contributed by atoms with Gasteiger partial charge < -0.3 is 5.11 Å². The second-order valence-corrected chi connectivity index (χ2v) is 7.54. The lowest BCUT2D eigenvalue weighted by molar-refractivity contribution is 0.196. The summed E-state index contributed by atoms with van der Waals surface area (Å²) >= 11 is 0. The Balaban J connectivity index is 2.26. The van der Waals surface area contributed by atoms with Crippen LogP contribution in [0.2, 0.25) is 0 Å². The molecule has 0 amide bonds.